The minimum Gasteiger partial charge on any atom is -0.449 e. The number of rotatable bonds is 3. The number of para-hydroxylation sites is 1. The van der Waals surface area contributed by atoms with Crippen molar-refractivity contribution in [3.63, 3.8) is 0 Å². The van der Waals surface area contributed by atoms with Crippen molar-refractivity contribution in [3.05, 3.63) is 60.5 Å². The lowest BCUT2D eigenvalue weighted by Crippen LogP contribution is -1.94. The Labute approximate surface area is 130 Å². The number of nitro benzene ring substituents is 1. The predicted molar refractivity (Wildman–Crippen MR) is 80.0 cm³/mol. The lowest BCUT2D eigenvalue weighted by molar-refractivity contribution is -0.385. The van der Waals surface area contributed by atoms with Gasteiger partial charge in [-0.25, -0.2) is 0 Å². The summed E-state index contributed by atoms with van der Waals surface area (Å²) in [6.07, 6.45) is 0. The molecule has 0 atom stereocenters. The summed E-state index contributed by atoms with van der Waals surface area (Å²) in [5.41, 5.74) is -0.251. The van der Waals surface area contributed by atoms with Crippen LogP contribution in [0, 0.1) is 10.1 Å². The Balaban J connectivity index is 2.44. The summed E-state index contributed by atoms with van der Waals surface area (Å²) in [5, 5.41) is 11.0. The van der Waals surface area contributed by atoms with Gasteiger partial charge < -0.3 is 4.74 Å². The van der Waals surface area contributed by atoms with Crippen LogP contribution >= 0.6 is 43.5 Å². The van der Waals surface area contributed by atoms with Crippen LogP contribution in [0.4, 0.5) is 5.69 Å². The minimum absolute atomic E-state index is 0.0377. The zero-order valence-electron chi connectivity index (χ0n) is 9.27. The van der Waals surface area contributed by atoms with Crippen molar-refractivity contribution in [1.29, 1.82) is 0 Å². The smallest absolute Gasteiger partial charge is 0.329 e. The second-order valence-electron chi connectivity index (χ2n) is 3.52. The number of halogens is 3. The molecular weight excluding hydrogens is 401 g/mol. The maximum atomic E-state index is 11.0. The third-order valence-corrected chi connectivity index (χ3v) is 3.66. The number of hydrogen-bond donors (Lipinski definition) is 0. The van der Waals surface area contributed by atoms with E-state index in [0.29, 0.717) is 10.2 Å². The molecule has 2 aromatic carbocycles. The molecule has 0 saturated heterocycles. The second-order valence-corrected chi connectivity index (χ2v) is 5.70. The van der Waals surface area contributed by atoms with Crippen LogP contribution in [0.2, 0.25) is 5.02 Å². The van der Waals surface area contributed by atoms with Gasteiger partial charge in [0.25, 0.3) is 0 Å². The Hall–Kier alpha value is -1.11. The van der Waals surface area contributed by atoms with E-state index in [0.717, 1.165) is 4.47 Å². The monoisotopic (exact) mass is 405 g/mol. The Morgan fingerprint density at radius 2 is 1.89 bits per heavy atom. The van der Waals surface area contributed by atoms with Gasteiger partial charge in [0.05, 0.1) is 9.40 Å². The maximum absolute atomic E-state index is 11.0. The van der Waals surface area contributed by atoms with Gasteiger partial charge in [-0.2, -0.15) is 0 Å². The van der Waals surface area contributed by atoms with E-state index in [1.54, 1.807) is 24.3 Å². The van der Waals surface area contributed by atoms with Gasteiger partial charge in [0, 0.05) is 4.47 Å². The van der Waals surface area contributed by atoms with Crippen LogP contribution in [-0.4, -0.2) is 4.92 Å². The van der Waals surface area contributed by atoms with Crippen LogP contribution in [0.25, 0.3) is 0 Å². The van der Waals surface area contributed by atoms with Crippen molar-refractivity contribution in [3.8, 4) is 11.5 Å². The Morgan fingerprint density at radius 1 is 1.16 bits per heavy atom. The first-order chi connectivity index (χ1) is 8.99. The number of nitro groups is 1. The summed E-state index contributed by atoms with van der Waals surface area (Å²) < 4.78 is 7.09. The molecule has 0 spiro atoms. The molecule has 0 bridgehead atoms. The fraction of sp³-hybridized carbons (Fsp3) is 0. The van der Waals surface area contributed by atoms with Gasteiger partial charge in [-0.05, 0) is 46.3 Å². The van der Waals surface area contributed by atoms with Gasteiger partial charge in [0.15, 0.2) is 0 Å². The third kappa shape index (κ3) is 3.26. The summed E-state index contributed by atoms with van der Waals surface area (Å²) in [6.45, 7) is 0. The van der Waals surface area contributed by atoms with Gasteiger partial charge >= 0.3 is 5.69 Å². The molecule has 0 heterocycles. The van der Waals surface area contributed by atoms with Crippen molar-refractivity contribution in [1.82, 2.24) is 0 Å². The quantitative estimate of drug-likeness (QED) is 0.494. The van der Waals surface area contributed by atoms with Crippen LogP contribution in [0.1, 0.15) is 0 Å². The van der Waals surface area contributed by atoms with E-state index in [4.69, 9.17) is 16.3 Å². The molecule has 98 valence electrons. The first-order valence-electron chi connectivity index (χ1n) is 5.05. The molecule has 0 aliphatic carbocycles. The zero-order valence-corrected chi connectivity index (χ0v) is 13.2. The van der Waals surface area contributed by atoms with Crippen LogP contribution in [0.5, 0.6) is 11.5 Å². The summed E-state index contributed by atoms with van der Waals surface area (Å²) >= 11 is 12.5. The Bertz CT molecular complexity index is 649. The van der Waals surface area contributed by atoms with E-state index < -0.39 is 4.92 Å². The highest BCUT2D eigenvalue weighted by molar-refractivity contribution is 9.11. The van der Waals surface area contributed by atoms with Crippen LogP contribution in [0.15, 0.2) is 45.3 Å². The van der Waals surface area contributed by atoms with Crippen molar-refractivity contribution in [2.75, 3.05) is 0 Å². The highest BCUT2D eigenvalue weighted by atomic mass is 79.9. The fourth-order valence-electron chi connectivity index (χ4n) is 1.43. The summed E-state index contributed by atoms with van der Waals surface area (Å²) in [5.74, 6) is 0.564. The van der Waals surface area contributed by atoms with E-state index in [9.17, 15) is 10.1 Å². The fourth-order valence-corrected chi connectivity index (χ4v) is 2.79. The van der Waals surface area contributed by atoms with E-state index in [-0.39, 0.29) is 16.5 Å². The molecule has 0 aliphatic rings. The van der Waals surface area contributed by atoms with Gasteiger partial charge in [-0.1, -0.05) is 33.6 Å². The molecule has 4 nitrogen and oxygen atoms in total. The first-order valence-corrected chi connectivity index (χ1v) is 7.01. The molecule has 19 heavy (non-hydrogen) atoms. The summed E-state index contributed by atoms with van der Waals surface area (Å²) in [6, 6.07) is 9.79. The van der Waals surface area contributed by atoms with Crippen molar-refractivity contribution < 1.29 is 9.66 Å². The average molecular weight is 407 g/mol. The lowest BCUT2D eigenvalue weighted by Gasteiger charge is -2.09. The van der Waals surface area contributed by atoms with E-state index in [1.807, 2.05) is 0 Å². The molecule has 0 fully saturated rings. The van der Waals surface area contributed by atoms with Crippen molar-refractivity contribution >= 4 is 49.1 Å². The molecule has 7 heteroatoms. The molecule has 0 N–H and O–H groups in total. The van der Waals surface area contributed by atoms with Gasteiger partial charge in [0.1, 0.15) is 10.8 Å². The highest BCUT2D eigenvalue weighted by Gasteiger charge is 2.20. The molecule has 2 aromatic rings. The Kier molecular flexibility index (Phi) is 4.44. The number of ether oxygens (including phenoxy) is 1. The average Bonchev–Trinajstić information content (AvgIpc) is 2.32. The SMILES string of the molecule is O=[N+]([O-])c1c(Cl)cccc1Oc1ccc(Br)cc1Br. The molecule has 0 aliphatic heterocycles. The van der Waals surface area contributed by atoms with Gasteiger partial charge in [0.2, 0.25) is 5.75 Å². The topological polar surface area (TPSA) is 52.4 Å². The van der Waals surface area contributed by atoms with Crippen LogP contribution in [-0.2, 0) is 0 Å². The predicted octanol–water partition coefficient (Wildman–Crippen LogP) is 5.57. The molecule has 0 saturated carbocycles. The second kappa shape index (κ2) is 5.90. The maximum Gasteiger partial charge on any atom is 0.329 e. The standard InChI is InChI=1S/C12H6Br2ClNO3/c13-7-4-5-10(8(14)6-7)19-11-3-1-2-9(15)12(11)16(17)18/h1-6H. The van der Waals surface area contributed by atoms with E-state index in [1.165, 1.54) is 12.1 Å². The van der Waals surface area contributed by atoms with Crippen LogP contribution in [0.3, 0.4) is 0 Å². The number of nitrogens with zero attached hydrogens (tertiary/aromatic N) is 1. The third-order valence-electron chi connectivity index (χ3n) is 2.25. The number of hydrogen-bond acceptors (Lipinski definition) is 3. The summed E-state index contributed by atoms with van der Waals surface area (Å²) in [4.78, 5) is 10.4. The van der Waals surface area contributed by atoms with Crippen molar-refractivity contribution in [2.24, 2.45) is 0 Å². The van der Waals surface area contributed by atoms with E-state index in [2.05, 4.69) is 31.9 Å². The summed E-state index contributed by atoms with van der Waals surface area (Å²) in [7, 11) is 0. The Morgan fingerprint density at radius 3 is 2.53 bits per heavy atom. The minimum atomic E-state index is -0.565. The molecule has 0 amide bonds. The molecule has 0 radical (unpaired) electrons. The van der Waals surface area contributed by atoms with Gasteiger partial charge in [-0.3, -0.25) is 10.1 Å². The molecule has 2 rings (SSSR count). The highest BCUT2D eigenvalue weighted by Crippen LogP contribution is 2.39. The largest absolute Gasteiger partial charge is 0.449 e. The molecule has 0 unspecified atom stereocenters. The van der Waals surface area contributed by atoms with E-state index >= 15 is 0 Å². The first kappa shape index (κ1) is 14.3. The lowest BCUT2D eigenvalue weighted by atomic mass is 10.3. The molecular formula is C12H6Br2ClNO3. The zero-order chi connectivity index (χ0) is 14.0. The molecule has 0 aromatic heterocycles. The van der Waals surface area contributed by atoms with Crippen molar-refractivity contribution in [2.45, 2.75) is 0 Å². The number of benzene rings is 2. The normalized spacial score (nSPS) is 10.3. The van der Waals surface area contributed by atoms with Crippen LogP contribution < -0.4 is 4.74 Å². The van der Waals surface area contributed by atoms with Gasteiger partial charge in [-0.15, -0.1) is 0 Å².